The van der Waals surface area contributed by atoms with Crippen molar-refractivity contribution in [2.75, 3.05) is 6.54 Å². The van der Waals surface area contributed by atoms with Crippen molar-refractivity contribution in [3.63, 3.8) is 0 Å². The highest BCUT2D eigenvalue weighted by atomic mass is 16.6. The molecule has 0 aromatic carbocycles. The van der Waals surface area contributed by atoms with Gasteiger partial charge in [-0.25, -0.2) is 0 Å². The highest BCUT2D eigenvalue weighted by molar-refractivity contribution is 5.87. The normalized spacial score (nSPS) is 25.6. The van der Waals surface area contributed by atoms with Crippen LogP contribution in [0.5, 0.6) is 0 Å². The molecule has 9 heavy (non-hydrogen) atoms. The van der Waals surface area contributed by atoms with Gasteiger partial charge in [0.05, 0.1) is 5.71 Å². The predicted octanol–water partition coefficient (Wildman–Crippen LogP) is 0.500. The molecule has 0 bridgehead atoms. The van der Waals surface area contributed by atoms with E-state index in [2.05, 4.69) is 12.1 Å². The van der Waals surface area contributed by atoms with E-state index < -0.39 is 0 Å². The fraction of sp³-hybridized carbons (Fsp3) is 0.833. The molecule has 3 nitrogen and oxygen atoms in total. The molecule has 1 unspecified atom stereocenters. The van der Waals surface area contributed by atoms with Crippen molar-refractivity contribution in [1.82, 2.24) is 0 Å². The zero-order valence-electron chi connectivity index (χ0n) is 5.63. The molecule has 1 heterocycles. The van der Waals surface area contributed by atoms with Crippen molar-refractivity contribution in [2.24, 2.45) is 10.9 Å². The average molecular weight is 128 g/mol. The monoisotopic (exact) mass is 128 g/mol. The van der Waals surface area contributed by atoms with Gasteiger partial charge < -0.3 is 10.6 Å². The van der Waals surface area contributed by atoms with Crippen molar-refractivity contribution in [1.29, 1.82) is 0 Å². The van der Waals surface area contributed by atoms with Gasteiger partial charge in [-0.05, 0) is 6.42 Å². The van der Waals surface area contributed by atoms with Gasteiger partial charge in [0, 0.05) is 13.0 Å². The lowest BCUT2D eigenvalue weighted by Gasteiger charge is -2.00. The first-order valence-electron chi connectivity index (χ1n) is 3.28. The zero-order chi connectivity index (χ0) is 6.69. The summed E-state index contributed by atoms with van der Waals surface area (Å²) in [6.45, 7) is 2.62. The largest absolute Gasteiger partial charge is 0.392 e. The van der Waals surface area contributed by atoms with E-state index in [0.717, 1.165) is 18.6 Å². The molecule has 0 aromatic rings. The molecule has 1 aliphatic rings. The Morgan fingerprint density at radius 2 is 2.67 bits per heavy atom. The van der Waals surface area contributed by atoms with Gasteiger partial charge in [-0.2, -0.15) is 0 Å². The molecule has 1 atom stereocenters. The zero-order valence-corrected chi connectivity index (χ0v) is 5.63. The average Bonchev–Trinajstić information content (AvgIpc) is 2.34. The van der Waals surface area contributed by atoms with Crippen LogP contribution in [0, 0.1) is 0 Å². The molecule has 0 aromatic heterocycles. The van der Waals surface area contributed by atoms with Crippen molar-refractivity contribution < 1.29 is 4.84 Å². The van der Waals surface area contributed by atoms with Crippen LogP contribution in [0.2, 0.25) is 0 Å². The molecule has 1 rings (SSSR count). The van der Waals surface area contributed by atoms with Crippen molar-refractivity contribution in [2.45, 2.75) is 25.9 Å². The van der Waals surface area contributed by atoms with Crippen LogP contribution in [0.1, 0.15) is 19.8 Å². The molecule has 0 amide bonds. The van der Waals surface area contributed by atoms with Crippen LogP contribution < -0.4 is 5.73 Å². The minimum Gasteiger partial charge on any atom is -0.392 e. The van der Waals surface area contributed by atoms with Gasteiger partial charge in [0.25, 0.3) is 0 Å². The maximum atomic E-state index is 5.34. The molecular weight excluding hydrogens is 116 g/mol. The minimum absolute atomic E-state index is 0.295. The summed E-state index contributed by atoms with van der Waals surface area (Å²) >= 11 is 0. The number of hydrogen-bond acceptors (Lipinski definition) is 3. The van der Waals surface area contributed by atoms with E-state index in [1.165, 1.54) is 0 Å². The van der Waals surface area contributed by atoms with Gasteiger partial charge in [-0.15, -0.1) is 0 Å². The first-order valence-corrected chi connectivity index (χ1v) is 3.28. The lowest BCUT2D eigenvalue weighted by Crippen LogP contribution is -2.14. The van der Waals surface area contributed by atoms with Gasteiger partial charge in [-0.3, -0.25) is 0 Å². The lowest BCUT2D eigenvalue weighted by molar-refractivity contribution is 0.0829. The van der Waals surface area contributed by atoms with E-state index in [9.17, 15) is 0 Å². The standard InChI is InChI=1S/C6H12N2O/c1-2-6-3-5(4-7)8-9-6/h6H,2-4,7H2,1H3. The van der Waals surface area contributed by atoms with E-state index in [4.69, 9.17) is 10.6 Å². The predicted molar refractivity (Wildman–Crippen MR) is 36.3 cm³/mol. The van der Waals surface area contributed by atoms with Crippen molar-refractivity contribution in [3.8, 4) is 0 Å². The maximum Gasteiger partial charge on any atom is 0.132 e. The molecule has 1 aliphatic heterocycles. The second kappa shape index (κ2) is 2.82. The van der Waals surface area contributed by atoms with Crippen molar-refractivity contribution >= 4 is 5.71 Å². The van der Waals surface area contributed by atoms with E-state index in [-0.39, 0.29) is 0 Å². The summed E-state index contributed by atoms with van der Waals surface area (Å²) in [5.41, 5.74) is 6.33. The van der Waals surface area contributed by atoms with Gasteiger partial charge >= 0.3 is 0 Å². The molecule has 0 saturated heterocycles. The Morgan fingerprint density at radius 1 is 1.89 bits per heavy atom. The Balaban J connectivity index is 2.31. The molecule has 2 N–H and O–H groups in total. The number of rotatable bonds is 2. The first-order chi connectivity index (χ1) is 4.36. The fourth-order valence-electron chi connectivity index (χ4n) is 0.826. The SMILES string of the molecule is CCC1CC(CN)=NO1. The second-order valence-corrected chi connectivity index (χ2v) is 2.20. The van der Waals surface area contributed by atoms with Crippen LogP contribution >= 0.6 is 0 Å². The summed E-state index contributed by atoms with van der Waals surface area (Å²) in [6.07, 6.45) is 2.24. The van der Waals surface area contributed by atoms with Gasteiger partial charge in [0.2, 0.25) is 0 Å². The summed E-state index contributed by atoms with van der Waals surface area (Å²) < 4.78 is 0. The highest BCUT2D eigenvalue weighted by Crippen LogP contribution is 2.11. The molecule has 0 aliphatic carbocycles. The number of nitrogens with two attached hydrogens (primary N) is 1. The van der Waals surface area contributed by atoms with Crippen LogP contribution in [0.3, 0.4) is 0 Å². The topological polar surface area (TPSA) is 47.6 Å². The molecule has 52 valence electrons. The van der Waals surface area contributed by atoms with Crippen LogP contribution in [0.15, 0.2) is 5.16 Å². The summed E-state index contributed by atoms with van der Waals surface area (Å²) in [5, 5.41) is 3.80. The van der Waals surface area contributed by atoms with Crippen LogP contribution in [-0.4, -0.2) is 18.4 Å². The van der Waals surface area contributed by atoms with Crippen molar-refractivity contribution in [3.05, 3.63) is 0 Å². The summed E-state index contributed by atoms with van der Waals surface area (Å²) in [6, 6.07) is 0. The van der Waals surface area contributed by atoms with Crippen LogP contribution in [0.4, 0.5) is 0 Å². The summed E-state index contributed by atoms with van der Waals surface area (Å²) in [7, 11) is 0. The molecular formula is C6H12N2O. The Hall–Kier alpha value is -0.570. The molecule has 3 heteroatoms. The van der Waals surface area contributed by atoms with Gasteiger partial charge in [0.1, 0.15) is 6.10 Å². The van der Waals surface area contributed by atoms with E-state index in [1.807, 2.05) is 0 Å². The smallest absolute Gasteiger partial charge is 0.132 e. The summed E-state index contributed by atoms with van der Waals surface area (Å²) in [5.74, 6) is 0. The third kappa shape index (κ3) is 1.42. The Kier molecular flexibility index (Phi) is 2.05. The number of nitrogens with zero attached hydrogens (tertiary/aromatic N) is 1. The fourth-order valence-corrected chi connectivity index (χ4v) is 0.826. The van der Waals surface area contributed by atoms with Crippen LogP contribution in [-0.2, 0) is 4.84 Å². The van der Waals surface area contributed by atoms with E-state index >= 15 is 0 Å². The number of hydrogen-bond donors (Lipinski definition) is 1. The Labute approximate surface area is 54.9 Å². The highest BCUT2D eigenvalue weighted by Gasteiger charge is 2.16. The molecule has 0 spiro atoms. The third-order valence-corrected chi connectivity index (χ3v) is 1.49. The lowest BCUT2D eigenvalue weighted by atomic mass is 10.1. The van der Waals surface area contributed by atoms with Crippen LogP contribution in [0.25, 0.3) is 0 Å². The first kappa shape index (κ1) is 6.55. The molecule has 0 radical (unpaired) electrons. The third-order valence-electron chi connectivity index (χ3n) is 1.49. The van der Waals surface area contributed by atoms with E-state index in [0.29, 0.717) is 12.6 Å². The minimum atomic E-state index is 0.295. The van der Waals surface area contributed by atoms with Gasteiger partial charge in [-0.1, -0.05) is 12.1 Å². The van der Waals surface area contributed by atoms with E-state index in [1.54, 1.807) is 0 Å². The Morgan fingerprint density at radius 3 is 3.00 bits per heavy atom. The number of oxime groups is 1. The molecule has 0 fully saturated rings. The maximum absolute atomic E-state index is 5.34. The Bertz CT molecular complexity index is 122. The quantitative estimate of drug-likeness (QED) is 0.588. The summed E-state index contributed by atoms with van der Waals surface area (Å²) in [4.78, 5) is 5.01. The second-order valence-electron chi connectivity index (χ2n) is 2.20. The molecule has 0 saturated carbocycles. The van der Waals surface area contributed by atoms with Gasteiger partial charge in [0.15, 0.2) is 0 Å².